The Morgan fingerprint density at radius 2 is 1.74 bits per heavy atom. The van der Waals surface area contributed by atoms with E-state index in [0.717, 1.165) is 5.56 Å². The molecule has 1 fully saturated rings. The molecule has 1 unspecified atom stereocenters. The van der Waals surface area contributed by atoms with Crippen LogP contribution < -0.4 is 10.0 Å². The quantitative estimate of drug-likeness (QED) is 0.682. The number of sulfonamides is 1. The fourth-order valence-corrected chi connectivity index (χ4v) is 3.90. The average molecular weight is 431 g/mol. The third kappa shape index (κ3) is 7.20. The Kier molecular flexibility index (Phi) is 8.97. The van der Waals surface area contributed by atoms with Crippen molar-refractivity contribution in [3.05, 3.63) is 29.8 Å². The van der Waals surface area contributed by atoms with Crippen molar-refractivity contribution in [2.24, 2.45) is 0 Å². The van der Waals surface area contributed by atoms with Crippen LogP contribution in [0.4, 0.5) is 13.2 Å². The molecule has 1 aromatic carbocycles. The monoisotopic (exact) mass is 430 g/mol. The number of benzene rings is 1. The van der Waals surface area contributed by atoms with Crippen molar-refractivity contribution in [3.63, 3.8) is 0 Å². The van der Waals surface area contributed by atoms with Gasteiger partial charge < -0.3 is 10.2 Å². The van der Waals surface area contributed by atoms with Gasteiger partial charge in [0.05, 0.1) is 4.90 Å². The molecule has 1 saturated heterocycles. The highest BCUT2D eigenvalue weighted by atomic mass is 35.5. The second kappa shape index (κ2) is 10.0. The number of alkyl halides is 3. The number of halogens is 4. The van der Waals surface area contributed by atoms with Crippen LogP contribution in [0.2, 0.25) is 0 Å². The minimum absolute atomic E-state index is 0. The molecule has 2 rings (SSSR count). The zero-order valence-corrected chi connectivity index (χ0v) is 16.9. The summed E-state index contributed by atoms with van der Waals surface area (Å²) in [6.07, 6.45) is -4.50. The zero-order chi connectivity index (χ0) is 19.4. The summed E-state index contributed by atoms with van der Waals surface area (Å²) in [5.74, 6) is 0. The van der Waals surface area contributed by atoms with Crippen LogP contribution in [0.5, 0.6) is 0 Å². The van der Waals surface area contributed by atoms with Crippen molar-refractivity contribution in [1.29, 1.82) is 0 Å². The summed E-state index contributed by atoms with van der Waals surface area (Å²) in [4.78, 5) is 3.16. The Hall–Kier alpha value is -0.910. The highest BCUT2D eigenvalue weighted by Crippen LogP contribution is 2.25. The molecular formula is C16H26ClF3N4O2S. The summed E-state index contributed by atoms with van der Waals surface area (Å²) < 4.78 is 66.9. The lowest BCUT2D eigenvalue weighted by Crippen LogP contribution is -2.57. The molecule has 1 aromatic rings. The van der Waals surface area contributed by atoms with E-state index in [0.29, 0.717) is 19.6 Å². The van der Waals surface area contributed by atoms with Gasteiger partial charge in [0.2, 0.25) is 10.0 Å². The second-order valence-electron chi connectivity index (χ2n) is 6.58. The maximum Gasteiger partial charge on any atom is 0.405 e. The van der Waals surface area contributed by atoms with Crippen molar-refractivity contribution in [1.82, 2.24) is 19.8 Å². The largest absolute Gasteiger partial charge is 0.405 e. The first-order valence-corrected chi connectivity index (χ1v) is 9.83. The molecule has 0 aromatic heterocycles. The maximum atomic E-state index is 13.4. The van der Waals surface area contributed by atoms with Gasteiger partial charge in [0.15, 0.2) is 0 Å². The van der Waals surface area contributed by atoms with Crippen LogP contribution >= 0.6 is 12.4 Å². The first-order chi connectivity index (χ1) is 12.1. The number of hydrogen-bond acceptors (Lipinski definition) is 5. The van der Waals surface area contributed by atoms with Gasteiger partial charge in [-0.2, -0.15) is 13.2 Å². The van der Waals surface area contributed by atoms with E-state index < -0.39 is 28.8 Å². The van der Waals surface area contributed by atoms with E-state index in [1.54, 1.807) is 12.1 Å². The minimum atomic E-state index is -4.50. The Bertz CT molecular complexity index is 678. The van der Waals surface area contributed by atoms with E-state index in [4.69, 9.17) is 0 Å². The summed E-state index contributed by atoms with van der Waals surface area (Å²) in [5, 5.41) is 2.99. The predicted octanol–water partition coefficient (Wildman–Crippen LogP) is 1.28. The number of nitrogens with one attached hydrogen (secondary N) is 2. The van der Waals surface area contributed by atoms with Crippen LogP contribution in [0.3, 0.4) is 0 Å². The van der Waals surface area contributed by atoms with Gasteiger partial charge in [-0.1, -0.05) is 12.1 Å². The molecule has 1 atom stereocenters. The molecule has 1 aliphatic rings. The van der Waals surface area contributed by atoms with Gasteiger partial charge in [-0.05, 0) is 31.8 Å². The SMILES string of the molecule is CN(C)Cc1ccc(S(=O)(=O)NCC(N2CCNCC2)C(F)(F)F)cc1.Cl. The van der Waals surface area contributed by atoms with Gasteiger partial charge in [-0.25, -0.2) is 13.1 Å². The molecule has 0 spiro atoms. The summed E-state index contributed by atoms with van der Waals surface area (Å²) in [6.45, 7) is 1.30. The topological polar surface area (TPSA) is 64.7 Å². The normalized spacial score (nSPS) is 17.6. The van der Waals surface area contributed by atoms with E-state index in [1.807, 2.05) is 19.0 Å². The van der Waals surface area contributed by atoms with E-state index >= 15 is 0 Å². The molecule has 156 valence electrons. The van der Waals surface area contributed by atoms with Crippen LogP contribution in [0, 0.1) is 0 Å². The lowest BCUT2D eigenvalue weighted by molar-refractivity contribution is -0.182. The third-order valence-corrected chi connectivity index (χ3v) is 5.61. The van der Waals surface area contributed by atoms with Crippen LogP contribution in [0.25, 0.3) is 0 Å². The molecule has 2 N–H and O–H groups in total. The number of nitrogens with zero attached hydrogens (tertiary/aromatic N) is 2. The fourth-order valence-electron chi connectivity index (χ4n) is 2.86. The Balaban J connectivity index is 0.00000364. The highest BCUT2D eigenvalue weighted by Gasteiger charge is 2.44. The van der Waals surface area contributed by atoms with Crippen LogP contribution in [0.1, 0.15) is 5.56 Å². The molecule has 1 heterocycles. The van der Waals surface area contributed by atoms with Crippen molar-refractivity contribution < 1.29 is 21.6 Å². The molecule has 0 bridgehead atoms. The average Bonchev–Trinajstić information content (AvgIpc) is 2.54. The molecule has 0 radical (unpaired) electrons. The van der Waals surface area contributed by atoms with Gasteiger partial charge in [-0.3, -0.25) is 4.90 Å². The van der Waals surface area contributed by atoms with Gasteiger partial charge in [0.1, 0.15) is 6.04 Å². The smallest absolute Gasteiger partial charge is 0.314 e. The Labute approximate surface area is 164 Å². The Morgan fingerprint density at radius 3 is 2.22 bits per heavy atom. The Morgan fingerprint density at radius 1 is 1.19 bits per heavy atom. The van der Waals surface area contributed by atoms with Crippen LogP contribution in [0.15, 0.2) is 29.2 Å². The van der Waals surface area contributed by atoms with Gasteiger partial charge in [0.25, 0.3) is 0 Å². The van der Waals surface area contributed by atoms with Gasteiger partial charge in [-0.15, -0.1) is 12.4 Å². The third-order valence-electron chi connectivity index (χ3n) is 4.17. The van der Waals surface area contributed by atoms with Gasteiger partial charge >= 0.3 is 6.18 Å². The maximum absolute atomic E-state index is 13.4. The summed E-state index contributed by atoms with van der Waals surface area (Å²) >= 11 is 0. The molecule has 0 aliphatic carbocycles. The van der Waals surface area contributed by atoms with E-state index in [-0.39, 0.29) is 30.4 Å². The predicted molar refractivity (Wildman–Crippen MR) is 101 cm³/mol. The highest BCUT2D eigenvalue weighted by molar-refractivity contribution is 7.89. The minimum Gasteiger partial charge on any atom is -0.314 e. The molecule has 0 amide bonds. The molecule has 6 nitrogen and oxygen atoms in total. The molecule has 11 heteroatoms. The first kappa shape index (κ1) is 24.1. The van der Waals surface area contributed by atoms with Crippen molar-refractivity contribution in [2.75, 3.05) is 46.8 Å². The van der Waals surface area contributed by atoms with Crippen LogP contribution in [-0.2, 0) is 16.6 Å². The fraction of sp³-hybridized carbons (Fsp3) is 0.625. The van der Waals surface area contributed by atoms with Crippen LogP contribution in [-0.4, -0.2) is 77.3 Å². The molecule has 0 saturated carbocycles. The van der Waals surface area contributed by atoms with Gasteiger partial charge in [0, 0.05) is 39.3 Å². The van der Waals surface area contributed by atoms with E-state index in [2.05, 4.69) is 10.0 Å². The van der Waals surface area contributed by atoms with E-state index in [9.17, 15) is 21.6 Å². The lowest BCUT2D eigenvalue weighted by atomic mass is 10.2. The zero-order valence-electron chi connectivity index (χ0n) is 15.3. The molecular weight excluding hydrogens is 405 g/mol. The number of piperazine rings is 1. The number of rotatable bonds is 7. The summed E-state index contributed by atoms with van der Waals surface area (Å²) in [7, 11) is -0.228. The molecule has 1 aliphatic heterocycles. The molecule has 27 heavy (non-hydrogen) atoms. The lowest BCUT2D eigenvalue weighted by Gasteiger charge is -2.35. The van der Waals surface area contributed by atoms with Crippen molar-refractivity contribution in [3.8, 4) is 0 Å². The second-order valence-corrected chi connectivity index (χ2v) is 8.34. The van der Waals surface area contributed by atoms with Crippen molar-refractivity contribution in [2.45, 2.75) is 23.7 Å². The van der Waals surface area contributed by atoms with Crippen molar-refractivity contribution >= 4 is 22.4 Å². The summed E-state index contributed by atoms with van der Waals surface area (Å²) in [5.41, 5.74) is 0.919. The summed E-state index contributed by atoms with van der Waals surface area (Å²) in [6, 6.07) is 4.30. The standard InChI is InChI=1S/C16H25F3N4O2S.ClH/c1-22(2)12-13-3-5-14(6-4-13)26(24,25)21-11-15(16(17,18)19)23-9-7-20-8-10-23;/h3-6,15,20-21H,7-12H2,1-2H3;1H. The van der Waals surface area contributed by atoms with E-state index in [1.165, 1.54) is 17.0 Å². The number of hydrogen-bond donors (Lipinski definition) is 2. The first-order valence-electron chi connectivity index (χ1n) is 8.34.